The summed E-state index contributed by atoms with van der Waals surface area (Å²) in [6.07, 6.45) is 6.72. The molecule has 1 aliphatic heterocycles. The molecule has 1 aromatic rings. The van der Waals surface area contributed by atoms with Crippen molar-refractivity contribution in [3.63, 3.8) is 0 Å². The lowest BCUT2D eigenvalue weighted by Crippen LogP contribution is -2.38. The number of aryl methyl sites for hydroxylation is 1. The zero-order valence-corrected chi connectivity index (χ0v) is 18.6. The zero-order chi connectivity index (χ0) is 21.4. The van der Waals surface area contributed by atoms with Crippen molar-refractivity contribution in [2.75, 3.05) is 36.9 Å². The van der Waals surface area contributed by atoms with E-state index in [0.717, 1.165) is 43.5 Å². The molecule has 0 radical (unpaired) electrons. The van der Waals surface area contributed by atoms with Gasteiger partial charge < -0.3 is 9.64 Å². The Bertz CT molecular complexity index is 808. The van der Waals surface area contributed by atoms with E-state index in [9.17, 15) is 16.8 Å². The molecule has 0 bridgehead atoms. The molecule has 10 heteroatoms. The number of hydrogen-bond acceptors (Lipinski definition) is 6. The third-order valence-electron chi connectivity index (χ3n) is 4.16. The van der Waals surface area contributed by atoms with Crippen LogP contribution in [0.3, 0.4) is 0 Å². The molecule has 1 heterocycles. The van der Waals surface area contributed by atoms with Crippen LogP contribution < -0.4 is 9.46 Å². The molecule has 0 amide bonds. The second kappa shape index (κ2) is 11.0. The molecule has 162 valence electrons. The summed E-state index contributed by atoms with van der Waals surface area (Å²) in [6.45, 7) is 7.48. The van der Waals surface area contributed by atoms with E-state index in [4.69, 9.17) is 9.29 Å². The van der Waals surface area contributed by atoms with Crippen LogP contribution in [0.4, 0.5) is 5.69 Å². The third-order valence-corrected chi connectivity index (χ3v) is 4.75. The molecule has 0 aliphatic carbocycles. The van der Waals surface area contributed by atoms with Gasteiger partial charge in [0.15, 0.2) is 0 Å². The molecule has 0 aromatic heterocycles. The van der Waals surface area contributed by atoms with E-state index in [0.29, 0.717) is 11.9 Å². The molecule has 0 unspecified atom stereocenters. The molecule has 1 saturated heterocycles. The van der Waals surface area contributed by atoms with E-state index in [1.807, 2.05) is 19.1 Å². The van der Waals surface area contributed by atoms with Gasteiger partial charge in [-0.3, -0.25) is 9.27 Å². The Labute approximate surface area is 169 Å². The third kappa shape index (κ3) is 11.5. The van der Waals surface area contributed by atoms with E-state index in [1.165, 1.54) is 19.4 Å². The number of rotatable bonds is 7. The van der Waals surface area contributed by atoms with Crippen LogP contribution in [-0.2, 0) is 20.1 Å². The van der Waals surface area contributed by atoms with Gasteiger partial charge in [-0.15, -0.1) is 0 Å². The first kappa shape index (κ1) is 24.7. The average Bonchev–Trinajstić information content (AvgIpc) is 2.54. The Balaban J connectivity index is 0.000000696. The van der Waals surface area contributed by atoms with Crippen molar-refractivity contribution in [3.05, 3.63) is 23.8 Å². The lowest BCUT2D eigenvalue weighted by molar-refractivity contribution is 0.0998. The largest absolute Gasteiger partial charge is 0.490 e. The molecule has 2 rings (SSSR count). The Morgan fingerprint density at radius 3 is 2.21 bits per heavy atom. The Morgan fingerprint density at radius 1 is 1.18 bits per heavy atom. The van der Waals surface area contributed by atoms with E-state index < -0.39 is 20.1 Å². The highest BCUT2D eigenvalue weighted by Gasteiger charge is 2.20. The number of unbranched alkanes of at least 4 members (excludes halogenated alkanes) is 1. The second-order valence-corrected chi connectivity index (χ2v) is 10.3. The van der Waals surface area contributed by atoms with Crippen molar-refractivity contribution in [3.8, 4) is 5.75 Å². The van der Waals surface area contributed by atoms with Gasteiger partial charge in [0.25, 0.3) is 10.1 Å². The van der Waals surface area contributed by atoms with Crippen molar-refractivity contribution < 1.29 is 26.1 Å². The highest BCUT2D eigenvalue weighted by Crippen LogP contribution is 2.25. The topological polar surface area (TPSA) is 113 Å². The summed E-state index contributed by atoms with van der Waals surface area (Å²) in [6, 6.07) is 5.50. The lowest BCUT2D eigenvalue weighted by Gasteiger charge is -2.32. The fraction of sp³-hybridized carbons (Fsp3) is 0.667. The van der Waals surface area contributed by atoms with Crippen molar-refractivity contribution in [2.24, 2.45) is 0 Å². The van der Waals surface area contributed by atoms with Gasteiger partial charge in [-0.2, -0.15) is 8.42 Å². The van der Waals surface area contributed by atoms with Crippen LogP contribution in [0.5, 0.6) is 5.75 Å². The maximum atomic E-state index is 11.3. The van der Waals surface area contributed by atoms with Crippen LogP contribution in [0.1, 0.15) is 38.2 Å². The fourth-order valence-electron chi connectivity index (χ4n) is 2.85. The fourth-order valence-corrected chi connectivity index (χ4v) is 3.48. The van der Waals surface area contributed by atoms with Gasteiger partial charge in [-0.05, 0) is 56.5 Å². The van der Waals surface area contributed by atoms with Gasteiger partial charge in [0.05, 0.1) is 18.2 Å². The normalized spacial score (nSPS) is 16.2. The minimum Gasteiger partial charge on any atom is -0.490 e. The Morgan fingerprint density at radius 2 is 1.75 bits per heavy atom. The van der Waals surface area contributed by atoms with Crippen molar-refractivity contribution in [1.29, 1.82) is 0 Å². The van der Waals surface area contributed by atoms with Gasteiger partial charge in [0, 0.05) is 13.1 Å². The number of benzene rings is 1. The molecule has 0 spiro atoms. The van der Waals surface area contributed by atoms with Crippen LogP contribution in [0.25, 0.3) is 0 Å². The van der Waals surface area contributed by atoms with Gasteiger partial charge >= 0.3 is 0 Å². The molecule has 2 N–H and O–H groups in total. The van der Waals surface area contributed by atoms with E-state index >= 15 is 0 Å². The van der Waals surface area contributed by atoms with Gasteiger partial charge in [0.1, 0.15) is 11.9 Å². The minimum atomic E-state index is -3.67. The first-order valence-electron chi connectivity index (χ1n) is 9.27. The van der Waals surface area contributed by atoms with Crippen LogP contribution in [0.15, 0.2) is 18.2 Å². The average molecular weight is 437 g/mol. The molecule has 1 fully saturated rings. The number of anilines is 1. The van der Waals surface area contributed by atoms with Crippen molar-refractivity contribution in [2.45, 2.75) is 45.6 Å². The highest BCUT2D eigenvalue weighted by atomic mass is 32.2. The number of ether oxygens (including phenoxy) is 1. The molecule has 0 saturated carbocycles. The predicted octanol–water partition coefficient (Wildman–Crippen LogP) is 2.51. The van der Waals surface area contributed by atoms with E-state index in [-0.39, 0.29) is 6.10 Å². The van der Waals surface area contributed by atoms with Gasteiger partial charge in [-0.25, -0.2) is 8.42 Å². The number of nitrogens with zero attached hydrogens (tertiary/aromatic N) is 1. The van der Waals surface area contributed by atoms with Crippen LogP contribution in [0, 0.1) is 6.92 Å². The monoisotopic (exact) mass is 436 g/mol. The quantitative estimate of drug-likeness (QED) is 0.631. The summed E-state index contributed by atoms with van der Waals surface area (Å²) in [5.41, 5.74) is 1.47. The lowest BCUT2D eigenvalue weighted by atomic mass is 10.1. The highest BCUT2D eigenvalue weighted by molar-refractivity contribution is 7.92. The minimum absolute atomic E-state index is 0.251. The van der Waals surface area contributed by atoms with Gasteiger partial charge in [0.2, 0.25) is 10.0 Å². The standard InChI is InChI=1S/C17H28N2O3S.CH4O3S/c1-4-5-10-19-11-8-15(9-12-19)22-16-6-7-17(14(2)13-16)18-23(3,20)21;1-5(2,3)4/h6-7,13,15,18H,4-5,8-12H2,1-3H3;1H3,(H,2,3,4). The zero-order valence-electron chi connectivity index (χ0n) is 17.0. The van der Waals surface area contributed by atoms with Crippen LogP contribution >= 0.6 is 0 Å². The van der Waals surface area contributed by atoms with Crippen LogP contribution in [0.2, 0.25) is 0 Å². The molecule has 0 atom stereocenters. The second-order valence-electron chi connectivity index (χ2n) is 7.10. The summed E-state index contributed by atoms with van der Waals surface area (Å²) in [5, 5.41) is 0. The Kier molecular flexibility index (Phi) is 9.68. The smallest absolute Gasteiger partial charge is 0.261 e. The van der Waals surface area contributed by atoms with Crippen molar-refractivity contribution in [1.82, 2.24) is 4.90 Å². The molecule has 1 aromatic carbocycles. The number of piperidine rings is 1. The van der Waals surface area contributed by atoms with E-state index in [2.05, 4.69) is 16.5 Å². The first-order valence-corrected chi connectivity index (χ1v) is 13.0. The molecule has 8 nitrogen and oxygen atoms in total. The SMILES string of the molecule is CCCCN1CCC(Oc2ccc(NS(C)(=O)=O)c(C)c2)CC1.CS(=O)(=O)O. The Hall–Kier alpha value is -1.36. The van der Waals surface area contributed by atoms with Gasteiger partial charge in [-0.1, -0.05) is 13.3 Å². The number of hydrogen-bond donors (Lipinski definition) is 2. The molecule has 1 aliphatic rings. The van der Waals surface area contributed by atoms with Crippen molar-refractivity contribution >= 4 is 25.8 Å². The summed E-state index contributed by atoms with van der Waals surface area (Å²) in [7, 11) is -6.92. The molecular formula is C18H32N2O6S2. The van der Waals surface area contributed by atoms with Crippen LogP contribution in [-0.4, -0.2) is 64.5 Å². The summed E-state index contributed by atoms with van der Waals surface area (Å²) in [4.78, 5) is 2.51. The molecular weight excluding hydrogens is 404 g/mol. The molecule has 28 heavy (non-hydrogen) atoms. The maximum absolute atomic E-state index is 11.3. The summed E-state index contributed by atoms with van der Waals surface area (Å²) in [5.74, 6) is 0.813. The number of sulfonamides is 1. The number of likely N-dealkylation sites (tertiary alicyclic amines) is 1. The van der Waals surface area contributed by atoms with E-state index in [1.54, 1.807) is 6.07 Å². The first-order chi connectivity index (χ1) is 12.9. The summed E-state index contributed by atoms with van der Waals surface area (Å²) >= 11 is 0. The summed E-state index contributed by atoms with van der Waals surface area (Å²) < 4.78 is 57.1. The predicted molar refractivity (Wildman–Crippen MR) is 112 cm³/mol. The maximum Gasteiger partial charge on any atom is 0.261 e. The number of nitrogens with one attached hydrogen (secondary N) is 1.